The van der Waals surface area contributed by atoms with E-state index < -0.39 is 6.09 Å². The molecule has 1 fully saturated rings. The highest BCUT2D eigenvalue weighted by Crippen LogP contribution is 2.43. The molecule has 1 aliphatic carbocycles. The van der Waals surface area contributed by atoms with Gasteiger partial charge in [-0.1, -0.05) is 30.3 Å². The monoisotopic (exact) mass is 296 g/mol. The van der Waals surface area contributed by atoms with Crippen molar-refractivity contribution in [3.8, 4) is 0 Å². The fourth-order valence-electron chi connectivity index (χ4n) is 2.41. The van der Waals surface area contributed by atoms with Crippen LogP contribution in [0.15, 0.2) is 54.6 Å². The normalized spacial score (nSPS) is 19.3. The van der Waals surface area contributed by atoms with Gasteiger partial charge in [-0.05, 0) is 36.2 Å². The van der Waals surface area contributed by atoms with Crippen molar-refractivity contribution in [2.24, 2.45) is 5.73 Å². The molecule has 3 N–H and O–H groups in total. The van der Waals surface area contributed by atoms with Gasteiger partial charge in [0.1, 0.15) is 6.10 Å². The summed E-state index contributed by atoms with van der Waals surface area (Å²) in [5, 5.41) is 2.83. The van der Waals surface area contributed by atoms with Crippen LogP contribution in [0, 0.1) is 0 Å². The van der Waals surface area contributed by atoms with E-state index in [1.807, 2.05) is 42.5 Å². The van der Waals surface area contributed by atoms with Crippen LogP contribution in [0.5, 0.6) is 0 Å². The van der Waals surface area contributed by atoms with Crippen LogP contribution in [0.3, 0.4) is 0 Å². The molecular formula is C17H16N2O3. The maximum atomic E-state index is 12.1. The van der Waals surface area contributed by atoms with Crippen LogP contribution >= 0.6 is 0 Å². The van der Waals surface area contributed by atoms with Crippen molar-refractivity contribution in [2.75, 3.05) is 5.32 Å². The smallest absolute Gasteiger partial charge is 0.404 e. The summed E-state index contributed by atoms with van der Waals surface area (Å²) in [6.45, 7) is 0. The van der Waals surface area contributed by atoms with Gasteiger partial charge < -0.3 is 15.8 Å². The molecule has 0 spiro atoms. The first kappa shape index (κ1) is 14.1. The molecule has 5 heteroatoms. The van der Waals surface area contributed by atoms with E-state index in [9.17, 15) is 9.59 Å². The van der Waals surface area contributed by atoms with Crippen molar-refractivity contribution in [3.63, 3.8) is 0 Å². The van der Waals surface area contributed by atoms with Crippen LogP contribution in [-0.2, 0) is 4.74 Å². The Bertz CT molecular complexity index is 683. The molecule has 0 aromatic heterocycles. The van der Waals surface area contributed by atoms with Gasteiger partial charge in [0.15, 0.2) is 0 Å². The molecule has 1 aliphatic rings. The third-order valence-corrected chi connectivity index (χ3v) is 3.63. The van der Waals surface area contributed by atoms with Crippen molar-refractivity contribution in [1.82, 2.24) is 0 Å². The van der Waals surface area contributed by atoms with Gasteiger partial charge in [0.2, 0.25) is 0 Å². The Labute approximate surface area is 128 Å². The lowest BCUT2D eigenvalue weighted by atomic mass is 10.1. The average Bonchev–Trinajstić information content (AvgIpc) is 3.27. The van der Waals surface area contributed by atoms with E-state index in [4.69, 9.17) is 10.5 Å². The van der Waals surface area contributed by atoms with Crippen LogP contribution < -0.4 is 11.1 Å². The van der Waals surface area contributed by atoms with Gasteiger partial charge in [-0.25, -0.2) is 4.79 Å². The van der Waals surface area contributed by atoms with E-state index in [1.165, 1.54) is 0 Å². The van der Waals surface area contributed by atoms with Crippen LogP contribution in [0.4, 0.5) is 10.5 Å². The highest BCUT2D eigenvalue weighted by atomic mass is 16.6. The molecule has 112 valence electrons. The van der Waals surface area contributed by atoms with E-state index >= 15 is 0 Å². The average molecular weight is 296 g/mol. The molecule has 0 aliphatic heterocycles. The van der Waals surface area contributed by atoms with Gasteiger partial charge in [0.25, 0.3) is 5.91 Å². The summed E-state index contributed by atoms with van der Waals surface area (Å²) in [6.07, 6.45) is -0.105. The van der Waals surface area contributed by atoms with Gasteiger partial charge in [0, 0.05) is 17.2 Å². The van der Waals surface area contributed by atoms with Crippen LogP contribution in [0.2, 0.25) is 0 Å². The maximum Gasteiger partial charge on any atom is 0.404 e. The molecule has 0 saturated heterocycles. The molecule has 0 unspecified atom stereocenters. The zero-order valence-electron chi connectivity index (χ0n) is 11.9. The number of hydrogen-bond donors (Lipinski definition) is 2. The maximum absolute atomic E-state index is 12.1. The van der Waals surface area contributed by atoms with Gasteiger partial charge in [0.05, 0.1) is 0 Å². The Morgan fingerprint density at radius 3 is 2.36 bits per heavy atom. The standard InChI is InChI=1S/C17H16N2O3/c18-17(21)22-15-10-14(15)11-6-8-12(9-7-11)16(20)19-13-4-2-1-3-5-13/h1-9,14-15H,10H2,(H2,18,21)(H,19,20)/t14-,15+/m0/s1. The van der Waals surface area contributed by atoms with Gasteiger partial charge in [-0.3, -0.25) is 4.79 Å². The largest absolute Gasteiger partial charge is 0.446 e. The summed E-state index contributed by atoms with van der Waals surface area (Å²) in [6, 6.07) is 16.6. The molecule has 3 rings (SSSR count). The second-order valence-corrected chi connectivity index (χ2v) is 5.26. The Hall–Kier alpha value is -2.82. The Balaban J connectivity index is 1.62. The number of ether oxygens (including phenoxy) is 1. The number of primary amides is 1. The predicted octanol–water partition coefficient (Wildman–Crippen LogP) is 2.89. The van der Waals surface area contributed by atoms with Crippen LogP contribution in [0.1, 0.15) is 28.3 Å². The third kappa shape index (κ3) is 3.25. The molecule has 2 aromatic rings. The number of para-hydroxylation sites is 1. The topological polar surface area (TPSA) is 81.4 Å². The number of hydrogen-bond acceptors (Lipinski definition) is 3. The Morgan fingerprint density at radius 2 is 1.73 bits per heavy atom. The van der Waals surface area contributed by atoms with Crippen molar-refractivity contribution in [1.29, 1.82) is 0 Å². The second-order valence-electron chi connectivity index (χ2n) is 5.26. The van der Waals surface area contributed by atoms with Crippen molar-refractivity contribution < 1.29 is 14.3 Å². The lowest BCUT2D eigenvalue weighted by Crippen LogP contribution is -2.15. The van der Waals surface area contributed by atoms with E-state index in [0.29, 0.717) is 5.56 Å². The van der Waals surface area contributed by atoms with Crippen LogP contribution in [-0.4, -0.2) is 18.1 Å². The summed E-state index contributed by atoms with van der Waals surface area (Å²) in [5.41, 5.74) is 7.38. The highest BCUT2D eigenvalue weighted by Gasteiger charge is 2.41. The molecular weight excluding hydrogens is 280 g/mol. The van der Waals surface area contributed by atoms with Crippen molar-refractivity contribution in [2.45, 2.75) is 18.4 Å². The number of anilines is 1. The number of carbonyl (C=O) groups is 2. The second kappa shape index (κ2) is 5.89. The SMILES string of the molecule is NC(=O)O[C@@H]1C[C@H]1c1ccc(C(=O)Nc2ccccc2)cc1. The summed E-state index contributed by atoms with van der Waals surface area (Å²) in [7, 11) is 0. The summed E-state index contributed by atoms with van der Waals surface area (Å²) < 4.78 is 4.94. The zero-order chi connectivity index (χ0) is 15.5. The van der Waals surface area contributed by atoms with Crippen molar-refractivity contribution in [3.05, 3.63) is 65.7 Å². The highest BCUT2D eigenvalue weighted by molar-refractivity contribution is 6.04. The first-order valence-corrected chi connectivity index (χ1v) is 7.06. The van der Waals surface area contributed by atoms with E-state index in [0.717, 1.165) is 17.7 Å². The van der Waals surface area contributed by atoms with Gasteiger partial charge in [-0.15, -0.1) is 0 Å². The molecule has 0 bridgehead atoms. The molecule has 2 amide bonds. The van der Waals surface area contributed by atoms with E-state index in [2.05, 4.69) is 5.32 Å². The van der Waals surface area contributed by atoms with Crippen molar-refractivity contribution >= 4 is 17.7 Å². The Kier molecular flexibility index (Phi) is 3.78. The first-order chi connectivity index (χ1) is 10.6. The number of nitrogens with two attached hydrogens (primary N) is 1. The summed E-state index contributed by atoms with van der Waals surface area (Å²) in [5.74, 6) is 0.0252. The first-order valence-electron chi connectivity index (χ1n) is 7.06. The van der Waals surface area contributed by atoms with E-state index in [1.54, 1.807) is 12.1 Å². The number of carbonyl (C=O) groups excluding carboxylic acids is 2. The van der Waals surface area contributed by atoms with Crippen LogP contribution in [0.25, 0.3) is 0 Å². The fraction of sp³-hybridized carbons (Fsp3) is 0.176. The summed E-state index contributed by atoms with van der Waals surface area (Å²) in [4.78, 5) is 22.8. The minimum absolute atomic E-state index is 0.138. The predicted molar refractivity (Wildman–Crippen MR) is 82.7 cm³/mol. The van der Waals surface area contributed by atoms with E-state index in [-0.39, 0.29) is 17.9 Å². The molecule has 22 heavy (non-hydrogen) atoms. The van der Waals surface area contributed by atoms with Gasteiger partial charge >= 0.3 is 6.09 Å². The minimum atomic E-state index is -0.744. The number of amides is 2. The number of nitrogens with one attached hydrogen (secondary N) is 1. The third-order valence-electron chi connectivity index (χ3n) is 3.63. The molecule has 2 atom stereocenters. The Morgan fingerprint density at radius 1 is 1.05 bits per heavy atom. The molecule has 5 nitrogen and oxygen atoms in total. The molecule has 0 radical (unpaired) electrons. The van der Waals surface area contributed by atoms with Gasteiger partial charge in [-0.2, -0.15) is 0 Å². The molecule has 1 saturated carbocycles. The molecule has 0 heterocycles. The fourth-order valence-corrected chi connectivity index (χ4v) is 2.41. The quantitative estimate of drug-likeness (QED) is 0.910. The lowest BCUT2D eigenvalue weighted by molar-refractivity contribution is 0.102. The minimum Gasteiger partial charge on any atom is -0.446 e. The number of rotatable bonds is 4. The number of benzene rings is 2. The lowest BCUT2D eigenvalue weighted by Gasteiger charge is -2.06. The zero-order valence-corrected chi connectivity index (χ0v) is 11.9. The summed E-state index contributed by atoms with van der Waals surface area (Å²) >= 11 is 0. The molecule has 2 aromatic carbocycles.